The van der Waals surface area contributed by atoms with E-state index < -0.39 is 9.84 Å². The summed E-state index contributed by atoms with van der Waals surface area (Å²) in [7, 11) is -2.97. The van der Waals surface area contributed by atoms with Crippen LogP contribution in [0.15, 0.2) is 0 Å². The SMILES string of the molecule is CC(C)C(=O)N(N)C1CCS(=O)(=O)C1. The minimum Gasteiger partial charge on any atom is -0.276 e. The van der Waals surface area contributed by atoms with E-state index in [2.05, 4.69) is 0 Å². The Balaban J connectivity index is 2.64. The van der Waals surface area contributed by atoms with Crippen LogP contribution in [0.25, 0.3) is 0 Å². The zero-order chi connectivity index (χ0) is 10.9. The molecule has 1 aliphatic rings. The second kappa shape index (κ2) is 3.86. The summed E-state index contributed by atoms with van der Waals surface area (Å²) in [4.78, 5) is 11.4. The third kappa shape index (κ3) is 2.45. The molecule has 0 radical (unpaired) electrons. The van der Waals surface area contributed by atoms with Gasteiger partial charge in [0.2, 0.25) is 5.91 Å². The molecule has 0 bridgehead atoms. The van der Waals surface area contributed by atoms with Gasteiger partial charge in [-0.2, -0.15) is 0 Å². The third-order valence-electron chi connectivity index (χ3n) is 2.35. The predicted octanol–water partition coefficient (Wildman–Crippen LogP) is -0.468. The van der Waals surface area contributed by atoms with Crippen molar-refractivity contribution in [2.75, 3.05) is 11.5 Å². The molecule has 1 fully saturated rings. The Morgan fingerprint density at radius 1 is 1.50 bits per heavy atom. The molecule has 1 aliphatic heterocycles. The third-order valence-corrected chi connectivity index (χ3v) is 4.10. The fourth-order valence-electron chi connectivity index (χ4n) is 1.47. The first-order chi connectivity index (χ1) is 6.33. The first-order valence-electron chi connectivity index (χ1n) is 4.61. The van der Waals surface area contributed by atoms with Crippen molar-refractivity contribution in [1.82, 2.24) is 5.01 Å². The van der Waals surface area contributed by atoms with Gasteiger partial charge >= 0.3 is 0 Å². The molecule has 1 heterocycles. The number of carbonyl (C=O) groups excluding carboxylic acids is 1. The first kappa shape index (κ1) is 11.5. The van der Waals surface area contributed by atoms with E-state index >= 15 is 0 Å². The highest BCUT2D eigenvalue weighted by molar-refractivity contribution is 7.91. The van der Waals surface area contributed by atoms with Crippen LogP contribution < -0.4 is 5.84 Å². The molecule has 5 nitrogen and oxygen atoms in total. The number of amides is 1. The van der Waals surface area contributed by atoms with E-state index in [0.717, 1.165) is 5.01 Å². The van der Waals surface area contributed by atoms with Crippen LogP contribution in [0, 0.1) is 5.92 Å². The number of hydrogen-bond donors (Lipinski definition) is 1. The number of carbonyl (C=O) groups is 1. The second-order valence-electron chi connectivity index (χ2n) is 3.96. The number of sulfone groups is 1. The Bertz CT molecular complexity index is 323. The van der Waals surface area contributed by atoms with Gasteiger partial charge in [-0.3, -0.25) is 9.80 Å². The maximum atomic E-state index is 11.4. The maximum absolute atomic E-state index is 11.4. The Kier molecular flexibility index (Phi) is 3.16. The number of nitrogens with two attached hydrogens (primary N) is 1. The molecule has 1 unspecified atom stereocenters. The molecular weight excluding hydrogens is 204 g/mol. The molecule has 0 spiro atoms. The molecule has 0 aromatic carbocycles. The van der Waals surface area contributed by atoms with Crippen LogP contribution >= 0.6 is 0 Å². The molecule has 1 amide bonds. The van der Waals surface area contributed by atoms with Crippen molar-refractivity contribution in [3.8, 4) is 0 Å². The molecule has 1 saturated heterocycles. The molecule has 0 saturated carbocycles. The highest BCUT2D eigenvalue weighted by atomic mass is 32.2. The maximum Gasteiger partial charge on any atom is 0.239 e. The Morgan fingerprint density at radius 3 is 2.43 bits per heavy atom. The van der Waals surface area contributed by atoms with Crippen LogP contribution in [0.3, 0.4) is 0 Å². The average Bonchev–Trinajstić information content (AvgIpc) is 2.43. The summed E-state index contributed by atoms with van der Waals surface area (Å²) >= 11 is 0. The topological polar surface area (TPSA) is 80.5 Å². The summed E-state index contributed by atoms with van der Waals surface area (Å²) in [6, 6.07) is -0.338. The van der Waals surface area contributed by atoms with Gasteiger partial charge in [0, 0.05) is 5.92 Å². The van der Waals surface area contributed by atoms with Crippen LogP contribution in [-0.2, 0) is 14.6 Å². The Labute approximate surface area is 84.1 Å². The lowest BCUT2D eigenvalue weighted by Crippen LogP contribution is -2.48. The van der Waals surface area contributed by atoms with Gasteiger partial charge < -0.3 is 0 Å². The molecule has 2 N–H and O–H groups in total. The monoisotopic (exact) mass is 220 g/mol. The van der Waals surface area contributed by atoms with E-state index in [9.17, 15) is 13.2 Å². The van der Waals surface area contributed by atoms with Crippen molar-refractivity contribution in [2.24, 2.45) is 11.8 Å². The van der Waals surface area contributed by atoms with Gasteiger partial charge in [0.1, 0.15) is 0 Å². The van der Waals surface area contributed by atoms with E-state index in [1.807, 2.05) is 0 Å². The minimum absolute atomic E-state index is 0.00194. The van der Waals surface area contributed by atoms with Crippen molar-refractivity contribution in [1.29, 1.82) is 0 Å². The van der Waals surface area contributed by atoms with Crippen LogP contribution in [0.5, 0.6) is 0 Å². The van der Waals surface area contributed by atoms with E-state index in [1.54, 1.807) is 13.8 Å². The van der Waals surface area contributed by atoms with Crippen molar-refractivity contribution >= 4 is 15.7 Å². The van der Waals surface area contributed by atoms with Gasteiger partial charge in [-0.1, -0.05) is 13.8 Å². The van der Waals surface area contributed by atoms with E-state index in [1.165, 1.54) is 0 Å². The van der Waals surface area contributed by atoms with Crippen molar-refractivity contribution in [3.05, 3.63) is 0 Å². The number of rotatable bonds is 2. The van der Waals surface area contributed by atoms with Gasteiger partial charge in [0.25, 0.3) is 0 Å². The summed E-state index contributed by atoms with van der Waals surface area (Å²) in [5.74, 6) is 5.31. The Hall–Kier alpha value is -0.620. The van der Waals surface area contributed by atoms with Crippen molar-refractivity contribution in [3.63, 3.8) is 0 Å². The predicted molar refractivity (Wildman–Crippen MR) is 52.9 cm³/mol. The molecule has 82 valence electrons. The van der Waals surface area contributed by atoms with E-state index in [4.69, 9.17) is 5.84 Å². The lowest BCUT2D eigenvalue weighted by atomic mass is 10.1. The van der Waals surface area contributed by atoms with Crippen molar-refractivity contribution in [2.45, 2.75) is 26.3 Å². The average molecular weight is 220 g/mol. The summed E-state index contributed by atoms with van der Waals surface area (Å²) in [6.07, 6.45) is 0.456. The largest absolute Gasteiger partial charge is 0.276 e. The van der Waals surface area contributed by atoms with E-state index in [0.29, 0.717) is 6.42 Å². The normalized spacial score (nSPS) is 25.3. The molecule has 0 aliphatic carbocycles. The van der Waals surface area contributed by atoms with E-state index in [-0.39, 0.29) is 29.4 Å². The molecule has 0 aromatic rings. The molecule has 14 heavy (non-hydrogen) atoms. The lowest BCUT2D eigenvalue weighted by molar-refractivity contribution is -0.136. The Morgan fingerprint density at radius 2 is 2.07 bits per heavy atom. The van der Waals surface area contributed by atoms with Crippen LogP contribution in [0.2, 0.25) is 0 Å². The molecular formula is C8H16N2O3S. The highest BCUT2D eigenvalue weighted by Crippen LogP contribution is 2.16. The van der Waals surface area contributed by atoms with Gasteiger partial charge in [0.15, 0.2) is 9.84 Å². The fraction of sp³-hybridized carbons (Fsp3) is 0.875. The number of nitrogens with zero attached hydrogens (tertiary/aromatic N) is 1. The molecule has 1 rings (SSSR count). The zero-order valence-electron chi connectivity index (χ0n) is 8.43. The van der Waals surface area contributed by atoms with Crippen LogP contribution in [0.1, 0.15) is 20.3 Å². The summed E-state index contributed by atoms with van der Waals surface area (Å²) in [5, 5.41) is 1.08. The standard InChI is InChI=1S/C8H16N2O3S/c1-6(2)8(11)10(9)7-3-4-14(12,13)5-7/h6-7H,3-5,9H2,1-2H3. The van der Waals surface area contributed by atoms with Crippen molar-refractivity contribution < 1.29 is 13.2 Å². The van der Waals surface area contributed by atoms with Crippen LogP contribution in [-0.4, -0.2) is 36.9 Å². The zero-order valence-corrected chi connectivity index (χ0v) is 9.25. The second-order valence-corrected chi connectivity index (χ2v) is 6.19. The molecule has 6 heteroatoms. The summed E-state index contributed by atoms with van der Waals surface area (Å²) in [5.41, 5.74) is 0. The first-order valence-corrected chi connectivity index (χ1v) is 6.44. The smallest absolute Gasteiger partial charge is 0.239 e. The van der Waals surface area contributed by atoms with Gasteiger partial charge in [-0.05, 0) is 6.42 Å². The summed E-state index contributed by atoms with van der Waals surface area (Å²) < 4.78 is 22.3. The van der Waals surface area contributed by atoms with Gasteiger partial charge in [-0.15, -0.1) is 0 Å². The van der Waals surface area contributed by atoms with Crippen LogP contribution in [0.4, 0.5) is 0 Å². The molecule has 0 aromatic heterocycles. The summed E-state index contributed by atoms with van der Waals surface area (Å²) in [6.45, 7) is 3.48. The van der Waals surface area contributed by atoms with Gasteiger partial charge in [-0.25, -0.2) is 14.3 Å². The number of hydrogen-bond acceptors (Lipinski definition) is 4. The lowest BCUT2D eigenvalue weighted by Gasteiger charge is -2.24. The quantitative estimate of drug-likeness (QED) is 0.387. The highest BCUT2D eigenvalue weighted by Gasteiger charge is 2.33. The molecule has 1 atom stereocenters. The fourth-order valence-corrected chi connectivity index (χ4v) is 3.18. The number of hydrazine groups is 1. The minimum atomic E-state index is -2.97. The van der Waals surface area contributed by atoms with Gasteiger partial charge in [0.05, 0.1) is 17.5 Å².